The zero-order valence-corrected chi connectivity index (χ0v) is 17.7. The first kappa shape index (κ1) is 26.9. The van der Waals surface area contributed by atoms with E-state index < -0.39 is 66.9 Å². The highest BCUT2D eigenvalue weighted by Gasteiger charge is 2.30. The Labute approximate surface area is 187 Å². The molecule has 0 spiro atoms. The molecule has 0 aliphatic carbocycles. The van der Waals surface area contributed by atoms with E-state index in [1.807, 2.05) is 0 Å². The van der Waals surface area contributed by atoms with Gasteiger partial charge in [0.15, 0.2) is 0 Å². The zero-order valence-electron chi connectivity index (χ0n) is 16.9. The quantitative estimate of drug-likeness (QED) is 0.121. The number of imidazole rings is 1. The van der Waals surface area contributed by atoms with Crippen LogP contribution in [0, 0.1) is 0 Å². The first-order valence-electron chi connectivity index (χ1n) is 9.39. The van der Waals surface area contributed by atoms with Crippen LogP contribution in [0.1, 0.15) is 18.5 Å². The second-order valence-electron chi connectivity index (χ2n) is 6.71. The highest BCUT2D eigenvalue weighted by molar-refractivity contribution is 7.80. The standard InChI is InChI=1S/C17H26N6O8S/c18-9(5-24)14(27)22-11(3-8-4-19-7-20-8)16(29)21-10(1-2-13(25)26)15(28)23-12(6-32)17(30)31/h4,7,9-12,24,32H,1-3,5-6,18H2,(H,19,20)(H,21,29)(H,22,27)(H,23,28)(H,25,26)(H,30,31). The number of nitrogens with two attached hydrogens (primary N) is 1. The van der Waals surface area contributed by atoms with Crippen molar-refractivity contribution in [2.45, 2.75) is 43.4 Å². The molecule has 3 amide bonds. The minimum absolute atomic E-state index is 0.0859. The number of nitrogens with zero attached hydrogens (tertiary/aromatic N) is 1. The third kappa shape index (κ3) is 8.91. The summed E-state index contributed by atoms with van der Waals surface area (Å²) in [6.07, 6.45) is 1.82. The van der Waals surface area contributed by atoms with Crippen molar-refractivity contribution in [2.75, 3.05) is 12.4 Å². The molecule has 178 valence electrons. The summed E-state index contributed by atoms with van der Waals surface area (Å²) in [7, 11) is 0. The minimum Gasteiger partial charge on any atom is -0.481 e. The van der Waals surface area contributed by atoms with Gasteiger partial charge >= 0.3 is 11.9 Å². The fraction of sp³-hybridized carbons (Fsp3) is 0.529. The van der Waals surface area contributed by atoms with Gasteiger partial charge in [0.25, 0.3) is 0 Å². The van der Waals surface area contributed by atoms with E-state index in [4.69, 9.17) is 21.1 Å². The number of H-pyrrole nitrogens is 1. The predicted octanol–water partition coefficient (Wildman–Crippen LogP) is -3.39. The molecule has 14 nitrogen and oxygen atoms in total. The van der Waals surface area contributed by atoms with Gasteiger partial charge in [-0.05, 0) is 6.42 Å². The monoisotopic (exact) mass is 474 g/mol. The molecule has 0 radical (unpaired) electrons. The maximum atomic E-state index is 12.8. The number of carbonyl (C=O) groups excluding carboxylic acids is 3. The van der Waals surface area contributed by atoms with Gasteiger partial charge < -0.3 is 42.0 Å². The van der Waals surface area contributed by atoms with Crippen LogP contribution in [0.5, 0.6) is 0 Å². The van der Waals surface area contributed by atoms with Gasteiger partial charge in [-0.25, -0.2) is 9.78 Å². The van der Waals surface area contributed by atoms with E-state index >= 15 is 0 Å². The van der Waals surface area contributed by atoms with E-state index in [2.05, 4.69) is 38.5 Å². The van der Waals surface area contributed by atoms with E-state index in [1.54, 1.807) is 0 Å². The van der Waals surface area contributed by atoms with Crippen molar-refractivity contribution in [3.05, 3.63) is 18.2 Å². The summed E-state index contributed by atoms with van der Waals surface area (Å²) in [4.78, 5) is 66.1. The number of aromatic nitrogens is 2. The number of nitrogens with one attached hydrogen (secondary N) is 4. The van der Waals surface area contributed by atoms with E-state index in [1.165, 1.54) is 12.5 Å². The Hall–Kier alpha value is -3.17. The first-order chi connectivity index (χ1) is 15.1. The number of hydrogen-bond acceptors (Lipinski definition) is 9. The highest BCUT2D eigenvalue weighted by atomic mass is 32.1. The van der Waals surface area contributed by atoms with Crippen molar-refractivity contribution < 1.29 is 39.3 Å². The van der Waals surface area contributed by atoms with Crippen LogP contribution in [0.25, 0.3) is 0 Å². The number of carbonyl (C=O) groups is 5. The third-order valence-electron chi connectivity index (χ3n) is 4.22. The van der Waals surface area contributed by atoms with Gasteiger partial charge in [0, 0.05) is 30.5 Å². The second kappa shape index (κ2) is 13.3. The largest absolute Gasteiger partial charge is 0.481 e. The Morgan fingerprint density at radius 2 is 1.62 bits per heavy atom. The fourth-order valence-corrected chi connectivity index (χ4v) is 2.70. The van der Waals surface area contributed by atoms with Crippen LogP contribution in [0.15, 0.2) is 12.5 Å². The van der Waals surface area contributed by atoms with Crippen LogP contribution in [0.2, 0.25) is 0 Å². The van der Waals surface area contributed by atoms with E-state index in [-0.39, 0.29) is 18.6 Å². The van der Waals surface area contributed by atoms with Gasteiger partial charge in [0.1, 0.15) is 24.2 Å². The average molecular weight is 474 g/mol. The van der Waals surface area contributed by atoms with E-state index in [0.29, 0.717) is 5.69 Å². The molecule has 32 heavy (non-hydrogen) atoms. The molecule has 0 bridgehead atoms. The maximum absolute atomic E-state index is 12.8. The molecular weight excluding hydrogens is 448 g/mol. The van der Waals surface area contributed by atoms with Crippen molar-refractivity contribution in [1.29, 1.82) is 0 Å². The average Bonchev–Trinajstić information content (AvgIpc) is 3.26. The Balaban J connectivity index is 3.02. The molecule has 1 heterocycles. The van der Waals surface area contributed by atoms with Crippen LogP contribution in [0.4, 0.5) is 0 Å². The summed E-state index contributed by atoms with van der Waals surface area (Å²) < 4.78 is 0. The molecular formula is C17H26N6O8S. The number of carboxylic acid groups (broad SMARTS) is 2. The molecule has 1 aromatic heterocycles. The number of amides is 3. The molecule has 1 aromatic rings. The van der Waals surface area contributed by atoms with E-state index in [0.717, 1.165) is 0 Å². The SMILES string of the molecule is NC(CO)C(=O)NC(Cc1cnc[nH]1)C(=O)NC(CCC(=O)O)C(=O)NC(CS)C(=O)O. The maximum Gasteiger partial charge on any atom is 0.327 e. The van der Waals surface area contributed by atoms with Crippen molar-refractivity contribution in [3.8, 4) is 0 Å². The molecule has 15 heteroatoms. The molecule has 4 atom stereocenters. The van der Waals surface area contributed by atoms with Gasteiger partial charge in [-0.1, -0.05) is 0 Å². The van der Waals surface area contributed by atoms with Gasteiger partial charge in [-0.15, -0.1) is 0 Å². The van der Waals surface area contributed by atoms with Gasteiger partial charge in [-0.3, -0.25) is 19.2 Å². The molecule has 0 aliphatic rings. The topological polar surface area (TPSA) is 237 Å². The van der Waals surface area contributed by atoms with Crippen molar-refractivity contribution in [3.63, 3.8) is 0 Å². The van der Waals surface area contributed by atoms with Crippen LogP contribution < -0.4 is 21.7 Å². The molecule has 4 unspecified atom stereocenters. The lowest BCUT2D eigenvalue weighted by molar-refractivity contribution is -0.142. The predicted molar refractivity (Wildman–Crippen MR) is 112 cm³/mol. The van der Waals surface area contributed by atoms with Crippen LogP contribution >= 0.6 is 12.6 Å². The Morgan fingerprint density at radius 3 is 2.12 bits per heavy atom. The minimum atomic E-state index is -1.41. The molecule has 9 N–H and O–H groups in total. The van der Waals surface area contributed by atoms with Crippen LogP contribution in [0.3, 0.4) is 0 Å². The summed E-state index contributed by atoms with van der Waals surface area (Å²) >= 11 is 3.83. The van der Waals surface area contributed by atoms with Crippen molar-refractivity contribution in [2.24, 2.45) is 5.73 Å². The van der Waals surface area contributed by atoms with Gasteiger partial charge in [0.05, 0.1) is 12.9 Å². The highest BCUT2D eigenvalue weighted by Crippen LogP contribution is 2.04. The summed E-state index contributed by atoms with van der Waals surface area (Å²) in [6.45, 7) is -0.672. The number of aliphatic carboxylic acids is 2. The summed E-state index contributed by atoms with van der Waals surface area (Å²) in [6, 6.07) is -5.34. The van der Waals surface area contributed by atoms with Gasteiger partial charge in [-0.2, -0.15) is 12.6 Å². The Kier molecular flexibility index (Phi) is 11.2. The lowest BCUT2D eigenvalue weighted by Crippen LogP contribution is -2.58. The molecule has 0 aliphatic heterocycles. The van der Waals surface area contributed by atoms with Crippen molar-refractivity contribution in [1.82, 2.24) is 25.9 Å². The summed E-state index contributed by atoms with van der Waals surface area (Å²) in [5, 5.41) is 33.9. The van der Waals surface area contributed by atoms with Crippen LogP contribution in [-0.4, -0.2) is 91.5 Å². The zero-order chi connectivity index (χ0) is 24.3. The Bertz CT molecular complexity index is 805. The van der Waals surface area contributed by atoms with E-state index in [9.17, 15) is 24.0 Å². The Morgan fingerprint density at radius 1 is 1.03 bits per heavy atom. The number of hydrogen-bond donors (Lipinski definition) is 9. The second-order valence-corrected chi connectivity index (χ2v) is 7.07. The smallest absolute Gasteiger partial charge is 0.327 e. The third-order valence-corrected chi connectivity index (χ3v) is 4.59. The molecule has 0 saturated carbocycles. The number of aliphatic hydroxyl groups is 1. The molecule has 0 aromatic carbocycles. The fourth-order valence-electron chi connectivity index (χ4n) is 2.45. The van der Waals surface area contributed by atoms with Crippen molar-refractivity contribution >= 4 is 42.3 Å². The normalized spacial score (nSPS) is 14.5. The summed E-state index contributed by atoms with van der Waals surface area (Å²) in [5.41, 5.74) is 5.92. The number of aromatic amines is 1. The lowest BCUT2D eigenvalue weighted by atomic mass is 10.1. The number of thiol groups is 1. The number of carboxylic acids is 2. The lowest BCUT2D eigenvalue weighted by Gasteiger charge is -2.24. The molecule has 0 saturated heterocycles. The molecule has 1 rings (SSSR count). The van der Waals surface area contributed by atoms with Crippen LogP contribution in [-0.2, 0) is 30.4 Å². The first-order valence-corrected chi connectivity index (χ1v) is 10.0. The van der Waals surface area contributed by atoms with Gasteiger partial charge in [0.2, 0.25) is 17.7 Å². The number of aliphatic hydroxyl groups excluding tert-OH is 1. The summed E-state index contributed by atoms with van der Waals surface area (Å²) in [5.74, 6) is -5.46. The number of rotatable bonds is 14. The molecule has 0 fully saturated rings.